The van der Waals surface area contributed by atoms with E-state index in [9.17, 15) is 18.0 Å². The maximum Gasteiger partial charge on any atom is 0.416 e. The van der Waals surface area contributed by atoms with E-state index in [1.165, 1.54) is 6.07 Å². The Bertz CT molecular complexity index is 771. The summed E-state index contributed by atoms with van der Waals surface area (Å²) in [6.45, 7) is 2.71. The first-order chi connectivity index (χ1) is 13.3. The van der Waals surface area contributed by atoms with Gasteiger partial charge in [0, 0.05) is 25.6 Å². The minimum absolute atomic E-state index is 0.0714. The molecule has 3 aliphatic rings. The molecule has 0 radical (unpaired) electrons. The number of carbonyl (C=O) groups is 1. The molecule has 2 unspecified atom stereocenters. The predicted octanol–water partition coefficient (Wildman–Crippen LogP) is 2.69. The molecule has 28 heavy (non-hydrogen) atoms. The lowest BCUT2D eigenvalue weighted by Gasteiger charge is -2.35. The first-order valence-electron chi connectivity index (χ1n) is 9.81. The Balaban J connectivity index is 1.42. The van der Waals surface area contributed by atoms with Crippen LogP contribution in [0.25, 0.3) is 0 Å². The monoisotopic (exact) mass is 394 g/mol. The molecule has 0 aromatic heterocycles. The van der Waals surface area contributed by atoms with E-state index < -0.39 is 11.7 Å². The second-order valence-corrected chi connectivity index (χ2v) is 8.04. The fraction of sp³-hybridized carbons (Fsp3) is 0.600. The van der Waals surface area contributed by atoms with Crippen molar-refractivity contribution in [3.05, 3.63) is 35.4 Å². The van der Waals surface area contributed by atoms with Gasteiger partial charge in [0.05, 0.1) is 11.6 Å². The van der Waals surface area contributed by atoms with Crippen molar-refractivity contribution in [3.63, 3.8) is 0 Å². The van der Waals surface area contributed by atoms with E-state index >= 15 is 0 Å². The SMILES string of the molecule is CN1CCC2NN=C(C(=O)N3CCC(c4ccccc4C(F)(F)F)CC3)C2C1. The van der Waals surface area contributed by atoms with Gasteiger partial charge in [-0.3, -0.25) is 4.79 Å². The summed E-state index contributed by atoms with van der Waals surface area (Å²) in [6.07, 6.45) is -2.32. The second kappa shape index (κ2) is 7.39. The average molecular weight is 394 g/mol. The lowest BCUT2D eigenvalue weighted by molar-refractivity contribution is -0.138. The number of benzene rings is 1. The molecule has 1 aromatic rings. The van der Waals surface area contributed by atoms with Gasteiger partial charge in [0.25, 0.3) is 5.91 Å². The minimum atomic E-state index is -4.35. The van der Waals surface area contributed by atoms with Crippen molar-refractivity contribution in [2.75, 3.05) is 33.2 Å². The number of halogens is 3. The number of rotatable bonds is 2. The van der Waals surface area contributed by atoms with Crippen LogP contribution in [0.2, 0.25) is 0 Å². The maximum absolute atomic E-state index is 13.3. The van der Waals surface area contributed by atoms with Gasteiger partial charge in [-0.2, -0.15) is 18.3 Å². The van der Waals surface area contributed by atoms with Crippen molar-refractivity contribution in [2.24, 2.45) is 11.0 Å². The molecule has 0 bridgehead atoms. The van der Waals surface area contributed by atoms with Crippen LogP contribution in [0.1, 0.15) is 36.3 Å². The van der Waals surface area contributed by atoms with E-state index in [-0.39, 0.29) is 23.8 Å². The maximum atomic E-state index is 13.3. The zero-order valence-corrected chi connectivity index (χ0v) is 15.9. The second-order valence-electron chi connectivity index (χ2n) is 8.04. The molecule has 4 rings (SSSR count). The third-order valence-corrected chi connectivity index (χ3v) is 6.23. The summed E-state index contributed by atoms with van der Waals surface area (Å²) in [5.74, 6) is -0.160. The number of hydrazone groups is 1. The number of nitrogens with zero attached hydrogens (tertiary/aromatic N) is 3. The topological polar surface area (TPSA) is 47.9 Å². The molecule has 5 nitrogen and oxygen atoms in total. The van der Waals surface area contributed by atoms with Crippen molar-refractivity contribution in [2.45, 2.75) is 37.4 Å². The van der Waals surface area contributed by atoms with Crippen LogP contribution in [0.3, 0.4) is 0 Å². The van der Waals surface area contributed by atoms with Crippen LogP contribution in [0.15, 0.2) is 29.4 Å². The predicted molar refractivity (Wildman–Crippen MR) is 100.0 cm³/mol. The van der Waals surface area contributed by atoms with Gasteiger partial charge in [-0.1, -0.05) is 18.2 Å². The molecular formula is C20H25F3N4O. The van der Waals surface area contributed by atoms with Crippen molar-refractivity contribution in [3.8, 4) is 0 Å². The van der Waals surface area contributed by atoms with Gasteiger partial charge in [-0.15, -0.1) is 0 Å². The lowest BCUT2D eigenvalue weighted by atomic mass is 9.85. The summed E-state index contributed by atoms with van der Waals surface area (Å²) in [5.41, 5.74) is 3.46. The van der Waals surface area contributed by atoms with Crippen molar-refractivity contribution >= 4 is 11.6 Å². The quantitative estimate of drug-likeness (QED) is 0.839. The largest absolute Gasteiger partial charge is 0.416 e. The highest BCUT2D eigenvalue weighted by Crippen LogP contribution is 2.38. The Morgan fingerprint density at radius 2 is 1.86 bits per heavy atom. The average Bonchev–Trinajstić information content (AvgIpc) is 3.10. The van der Waals surface area contributed by atoms with Crippen LogP contribution in [0, 0.1) is 5.92 Å². The molecule has 1 aromatic carbocycles. The molecule has 0 spiro atoms. The number of alkyl halides is 3. The summed E-state index contributed by atoms with van der Waals surface area (Å²) < 4.78 is 39.9. The summed E-state index contributed by atoms with van der Waals surface area (Å²) in [7, 11) is 2.04. The van der Waals surface area contributed by atoms with E-state index in [0.717, 1.165) is 25.6 Å². The van der Waals surface area contributed by atoms with Crippen molar-refractivity contribution < 1.29 is 18.0 Å². The number of hydrogen-bond acceptors (Lipinski definition) is 4. The standard InChI is InChI=1S/C20H25F3N4O/c1-26-9-8-17-15(12-26)18(25-24-17)19(28)27-10-6-13(7-11-27)14-4-2-3-5-16(14)20(21,22)23/h2-5,13,15,17,24H,6-12H2,1H3. The number of likely N-dealkylation sites (tertiary alicyclic amines) is 2. The van der Waals surface area contributed by atoms with E-state index in [1.807, 2.05) is 7.05 Å². The van der Waals surface area contributed by atoms with Crippen LogP contribution >= 0.6 is 0 Å². The van der Waals surface area contributed by atoms with Crippen LogP contribution in [0.4, 0.5) is 13.2 Å². The molecule has 3 heterocycles. The fourth-order valence-electron chi connectivity index (χ4n) is 4.66. The third-order valence-electron chi connectivity index (χ3n) is 6.23. The number of hydrogen-bond donors (Lipinski definition) is 1. The van der Waals surface area contributed by atoms with Gasteiger partial charge < -0.3 is 15.2 Å². The molecule has 1 N–H and O–H groups in total. The Kier molecular flexibility index (Phi) is 5.07. The number of fused-ring (bicyclic) bond motifs is 1. The number of amides is 1. The van der Waals surface area contributed by atoms with E-state index in [4.69, 9.17) is 0 Å². The van der Waals surface area contributed by atoms with Gasteiger partial charge in [0.15, 0.2) is 0 Å². The van der Waals surface area contributed by atoms with Crippen molar-refractivity contribution in [1.82, 2.24) is 15.2 Å². The highest BCUT2D eigenvalue weighted by atomic mass is 19.4. The summed E-state index contributed by atoms with van der Waals surface area (Å²) >= 11 is 0. The van der Waals surface area contributed by atoms with Crippen LogP contribution in [-0.4, -0.2) is 60.7 Å². The van der Waals surface area contributed by atoms with Crippen LogP contribution in [0.5, 0.6) is 0 Å². The van der Waals surface area contributed by atoms with Gasteiger partial charge in [0.1, 0.15) is 5.71 Å². The summed E-state index contributed by atoms with van der Waals surface area (Å²) in [5, 5.41) is 4.31. The van der Waals surface area contributed by atoms with Gasteiger partial charge in [0.2, 0.25) is 0 Å². The Morgan fingerprint density at radius 1 is 1.14 bits per heavy atom. The Labute approximate surface area is 162 Å². The van der Waals surface area contributed by atoms with Gasteiger partial charge in [-0.25, -0.2) is 0 Å². The normalized spacial score (nSPS) is 26.6. The third kappa shape index (κ3) is 3.62. The number of nitrogens with one attached hydrogen (secondary N) is 1. The highest BCUT2D eigenvalue weighted by molar-refractivity contribution is 6.40. The first kappa shape index (κ1) is 19.2. The van der Waals surface area contributed by atoms with E-state index in [0.29, 0.717) is 37.2 Å². The van der Waals surface area contributed by atoms with Gasteiger partial charge >= 0.3 is 6.18 Å². The zero-order valence-electron chi connectivity index (χ0n) is 15.9. The molecule has 2 saturated heterocycles. The molecule has 0 aliphatic carbocycles. The molecule has 0 saturated carbocycles. The molecule has 3 aliphatic heterocycles. The molecule has 152 valence electrons. The smallest absolute Gasteiger partial charge is 0.337 e. The Morgan fingerprint density at radius 3 is 2.57 bits per heavy atom. The van der Waals surface area contributed by atoms with Gasteiger partial charge in [-0.05, 0) is 50.4 Å². The van der Waals surface area contributed by atoms with E-state index in [1.54, 1.807) is 17.0 Å². The van der Waals surface area contributed by atoms with Crippen molar-refractivity contribution in [1.29, 1.82) is 0 Å². The fourth-order valence-corrected chi connectivity index (χ4v) is 4.66. The zero-order chi connectivity index (χ0) is 19.9. The number of carbonyl (C=O) groups excluding carboxylic acids is 1. The summed E-state index contributed by atoms with van der Waals surface area (Å²) in [4.78, 5) is 16.9. The summed E-state index contributed by atoms with van der Waals surface area (Å²) in [6, 6.07) is 6.00. The molecular weight excluding hydrogens is 369 g/mol. The van der Waals surface area contributed by atoms with Crippen LogP contribution < -0.4 is 5.43 Å². The Hall–Kier alpha value is -2.09. The highest BCUT2D eigenvalue weighted by Gasteiger charge is 2.41. The van der Waals surface area contributed by atoms with Crippen LogP contribution in [-0.2, 0) is 11.0 Å². The minimum Gasteiger partial charge on any atom is -0.337 e. The van der Waals surface area contributed by atoms with E-state index in [2.05, 4.69) is 15.4 Å². The molecule has 1 amide bonds. The molecule has 8 heteroatoms. The first-order valence-corrected chi connectivity index (χ1v) is 9.81. The molecule has 2 atom stereocenters. The number of piperidine rings is 2. The lowest BCUT2D eigenvalue weighted by Crippen LogP contribution is -2.50. The molecule has 2 fully saturated rings.